The highest BCUT2D eigenvalue weighted by Gasteiger charge is 2.07. The molecule has 0 aliphatic heterocycles. The minimum Gasteiger partial charge on any atom is -0.382 e. The van der Waals surface area contributed by atoms with E-state index in [1.165, 1.54) is 25.7 Å². The fraction of sp³-hybridized carbons (Fsp3) is 0.727. The predicted octanol–water partition coefficient (Wildman–Crippen LogP) is 2.68. The van der Waals surface area contributed by atoms with Crippen LogP contribution in [0, 0.1) is 5.92 Å². The molecule has 1 rings (SSSR count). The molecule has 0 aromatic carbocycles. The van der Waals surface area contributed by atoms with Gasteiger partial charge in [-0.3, -0.25) is 4.68 Å². The number of nitrogens with two attached hydrogens (primary N) is 1. The van der Waals surface area contributed by atoms with Crippen molar-refractivity contribution in [1.29, 1.82) is 0 Å². The van der Waals surface area contributed by atoms with Crippen LogP contribution in [-0.2, 0) is 6.54 Å². The standard InChI is InChI=1S/C11H21N3/c1-3-5-6-10(4-2)9-14-8-7-11(12)13-14/h7-8,10H,3-6,9H2,1-2H3,(H2,12,13)/t10-/m0/s1. The third kappa shape index (κ3) is 3.40. The summed E-state index contributed by atoms with van der Waals surface area (Å²) >= 11 is 0. The zero-order chi connectivity index (χ0) is 10.4. The Hall–Kier alpha value is -0.990. The molecule has 80 valence electrons. The summed E-state index contributed by atoms with van der Waals surface area (Å²) in [6.45, 7) is 5.49. The van der Waals surface area contributed by atoms with Crippen LogP contribution in [-0.4, -0.2) is 9.78 Å². The third-order valence-corrected chi connectivity index (χ3v) is 2.65. The molecule has 0 unspecified atom stereocenters. The maximum absolute atomic E-state index is 5.56. The Morgan fingerprint density at radius 1 is 1.50 bits per heavy atom. The molecule has 0 bridgehead atoms. The van der Waals surface area contributed by atoms with Gasteiger partial charge in [0.2, 0.25) is 0 Å². The largest absolute Gasteiger partial charge is 0.382 e. The van der Waals surface area contributed by atoms with Crippen molar-refractivity contribution in [3.8, 4) is 0 Å². The Balaban J connectivity index is 2.40. The van der Waals surface area contributed by atoms with Crippen LogP contribution >= 0.6 is 0 Å². The van der Waals surface area contributed by atoms with Crippen LogP contribution in [0.4, 0.5) is 5.82 Å². The summed E-state index contributed by atoms with van der Waals surface area (Å²) in [6, 6.07) is 1.85. The maximum atomic E-state index is 5.56. The van der Waals surface area contributed by atoms with Gasteiger partial charge in [0.1, 0.15) is 5.82 Å². The van der Waals surface area contributed by atoms with Gasteiger partial charge in [-0.25, -0.2) is 0 Å². The first-order valence-corrected chi connectivity index (χ1v) is 5.55. The van der Waals surface area contributed by atoms with Crippen LogP contribution in [0.5, 0.6) is 0 Å². The second kappa shape index (κ2) is 5.68. The minimum atomic E-state index is 0.621. The molecule has 2 N–H and O–H groups in total. The quantitative estimate of drug-likeness (QED) is 0.758. The number of nitrogens with zero attached hydrogens (tertiary/aromatic N) is 2. The van der Waals surface area contributed by atoms with E-state index in [1.54, 1.807) is 0 Å². The lowest BCUT2D eigenvalue weighted by molar-refractivity contribution is 0.373. The van der Waals surface area contributed by atoms with Crippen molar-refractivity contribution >= 4 is 5.82 Å². The highest BCUT2D eigenvalue weighted by Crippen LogP contribution is 2.14. The van der Waals surface area contributed by atoms with E-state index in [2.05, 4.69) is 18.9 Å². The van der Waals surface area contributed by atoms with Crippen molar-refractivity contribution < 1.29 is 0 Å². The first-order chi connectivity index (χ1) is 6.76. The fourth-order valence-electron chi connectivity index (χ4n) is 1.66. The van der Waals surface area contributed by atoms with Crippen molar-refractivity contribution in [3.63, 3.8) is 0 Å². The molecule has 1 heterocycles. The van der Waals surface area contributed by atoms with E-state index in [9.17, 15) is 0 Å². The first-order valence-electron chi connectivity index (χ1n) is 5.55. The SMILES string of the molecule is CCCC[C@H](CC)Cn1ccc(N)n1. The molecule has 0 amide bonds. The van der Waals surface area contributed by atoms with E-state index in [0.29, 0.717) is 5.82 Å². The molecule has 0 aliphatic carbocycles. The van der Waals surface area contributed by atoms with Crippen LogP contribution in [0.3, 0.4) is 0 Å². The molecular weight excluding hydrogens is 174 g/mol. The fourth-order valence-corrected chi connectivity index (χ4v) is 1.66. The zero-order valence-electron chi connectivity index (χ0n) is 9.24. The highest BCUT2D eigenvalue weighted by atomic mass is 15.3. The molecule has 1 atom stereocenters. The van der Waals surface area contributed by atoms with E-state index in [4.69, 9.17) is 5.73 Å². The number of nitrogen functional groups attached to an aromatic ring is 1. The molecule has 0 fully saturated rings. The summed E-state index contributed by atoms with van der Waals surface area (Å²) in [6.07, 6.45) is 7.07. The Kier molecular flexibility index (Phi) is 4.50. The van der Waals surface area contributed by atoms with E-state index < -0.39 is 0 Å². The summed E-state index contributed by atoms with van der Waals surface area (Å²) < 4.78 is 1.96. The van der Waals surface area contributed by atoms with E-state index >= 15 is 0 Å². The Morgan fingerprint density at radius 3 is 2.79 bits per heavy atom. The molecule has 0 saturated carbocycles. The lowest BCUT2D eigenvalue weighted by atomic mass is 10.00. The summed E-state index contributed by atoms with van der Waals surface area (Å²) in [5.74, 6) is 1.37. The van der Waals surface area contributed by atoms with Crippen LogP contribution in [0.1, 0.15) is 39.5 Å². The van der Waals surface area contributed by atoms with Crippen LogP contribution < -0.4 is 5.73 Å². The average Bonchev–Trinajstić information content (AvgIpc) is 2.58. The van der Waals surface area contributed by atoms with Gasteiger partial charge in [-0.15, -0.1) is 0 Å². The number of hydrogen-bond donors (Lipinski definition) is 1. The molecule has 3 heteroatoms. The van der Waals surface area contributed by atoms with Gasteiger partial charge in [-0.2, -0.15) is 5.10 Å². The van der Waals surface area contributed by atoms with Gasteiger partial charge in [0, 0.05) is 12.7 Å². The van der Waals surface area contributed by atoms with Crippen molar-refractivity contribution in [2.45, 2.75) is 46.1 Å². The topological polar surface area (TPSA) is 43.8 Å². The van der Waals surface area contributed by atoms with Gasteiger partial charge >= 0.3 is 0 Å². The molecule has 3 nitrogen and oxygen atoms in total. The smallest absolute Gasteiger partial charge is 0.145 e. The molecular formula is C11H21N3. The van der Waals surface area contributed by atoms with Gasteiger partial charge in [-0.1, -0.05) is 33.1 Å². The van der Waals surface area contributed by atoms with E-state index in [1.807, 2.05) is 16.9 Å². The van der Waals surface area contributed by atoms with E-state index in [-0.39, 0.29) is 0 Å². The monoisotopic (exact) mass is 195 g/mol. The van der Waals surface area contributed by atoms with E-state index in [0.717, 1.165) is 12.5 Å². The number of anilines is 1. The molecule has 1 aromatic rings. The summed E-state index contributed by atoms with van der Waals surface area (Å²) in [7, 11) is 0. The van der Waals surface area contributed by atoms with Gasteiger partial charge < -0.3 is 5.73 Å². The lowest BCUT2D eigenvalue weighted by Gasteiger charge is -2.13. The Morgan fingerprint density at radius 2 is 2.29 bits per heavy atom. The van der Waals surface area contributed by atoms with Gasteiger partial charge in [0.25, 0.3) is 0 Å². The Labute approximate surface area is 86.3 Å². The second-order valence-corrected chi connectivity index (χ2v) is 3.88. The second-order valence-electron chi connectivity index (χ2n) is 3.88. The van der Waals surface area contributed by atoms with Gasteiger partial charge in [0.15, 0.2) is 0 Å². The van der Waals surface area contributed by atoms with Crippen LogP contribution in [0.2, 0.25) is 0 Å². The first kappa shape index (κ1) is 11.1. The van der Waals surface area contributed by atoms with Crippen LogP contribution in [0.25, 0.3) is 0 Å². The van der Waals surface area contributed by atoms with Crippen molar-refractivity contribution in [2.24, 2.45) is 5.92 Å². The van der Waals surface area contributed by atoms with Crippen molar-refractivity contribution in [1.82, 2.24) is 9.78 Å². The van der Waals surface area contributed by atoms with Crippen molar-refractivity contribution in [3.05, 3.63) is 12.3 Å². The van der Waals surface area contributed by atoms with Crippen molar-refractivity contribution in [2.75, 3.05) is 5.73 Å². The molecule has 0 aliphatic rings. The average molecular weight is 195 g/mol. The minimum absolute atomic E-state index is 0.621. The molecule has 0 saturated heterocycles. The lowest BCUT2D eigenvalue weighted by Crippen LogP contribution is -2.10. The molecule has 0 radical (unpaired) electrons. The maximum Gasteiger partial charge on any atom is 0.145 e. The summed E-state index contributed by atoms with van der Waals surface area (Å²) in [5.41, 5.74) is 5.56. The molecule has 0 spiro atoms. The van der Waals surface area contributed by atoms with Crippen LogP contribution in [0.15, 0.2) is 12.3 Å². The van der Waals surface area contributed by atoms with Gasteiger partial charge in [0.05, 0.1) is 0 Å². The molecule has 14 heavy (non-hydrogen) atoms. The number of unbranched alkanes of at least 4 members (excludes halogenated alkanes) is 1. The predicted molar refractivity (Wildman–Crippen MR) is 59.9 cm³/mol. The third-order valence-electron chi connectivity index (χ3n) is 2.65. The number of aromatic nitrogens is 2. The zero-order valence-corrected chi connectivity index (χ0v) is 9.24. The normalized spacial score (nSPS) is 13.0. The number of rotatable bonds is 6. The molecule has 1 aromatic heterocycles. The van der Waals surface area contributed by atoms with Gasteiger partial charge in [-0.05, 0) is 18.4 Å². The summed E-state index contributed by atoms with van der Waals surface area (Å²) in [4.78, 5) is 0. The highest BCUT2D eigenvalue weighted by molar-refractivity contribution is 5.23. The summed E-state index contributed by atoms with van der Waals surface area (Å²) in [5, 5.41) is 4.20. The Bertz CT molecular complexity index is 255. The number of hydrogen-bond acceptors (Lipinski definition) is 2.